The molecule has 0 spiro atoms. The molecule has 0 saturated carbocycles. The van der Waals surface area contributed by atoms with Crippen molar-refractivity contribution in [2.24, 2.45) is 0 Å². The zero-order valence-corrected chi connectivity index (χ0v) is 10.8. The Morgan fingerprint density at radius 3 is 3.18 bits per heavy atom. The van der Waals surface area contributed by atoms with Crippen LogP contribution in [0.5, 0.6) is 5.88 Å². The van der Waals surface area contributed by atoms with Crippen LogP contribution in [0.25, 0.3) is 0 Å². The number of nitrogens with zero attached hydrogens (tertiary/aromatic N) is 1. The Morgan fingerprint density at radius 1 is 1.59 bits per heavy atom. The van der Waals surface area contributed by atoms with Gasteiger partial charge in [-0.05, 0) is 26.0 Å². The normalized spacial score (nSPS) is 19.6. The van der Waals surface area contributed by atoms with Gasteiger partial charge in [0.2, 0.25) is 5.88 Å². The molecule has 1 atom stereocenters. The summed E-state index contributed by atoms with van der Waals surface area (Å²) in [6.07, 6.45) is 0.179. The van der Waals surface area contributed by atoms with Crippen LogP contribution in [-0.4, -0.2) is 30.3 Å². The summed E-state index contributed by atoms with van der Waals surface area (Å²) in [6.45, 7) is 6.07. The summed E-state index contributed by atoms with van der Waals surface area (Å²) in [6, 6.07) is 3.71. The van der Waals surface area contributed by atoms with Gasteiger partial charge in [0.05, 0.1) is 12.7 Å². The van der Waals surface area contributed by atoms with Gasteiger partial charge in [-0.2, -0.15) is 0 Å². The highest BCUT2D eigenvalue weighted by atomic mass is 35.5. The van der Waals surface area contributed by atoms with Crippen LogP contribution in [0.3, 0.4) is 0 Å². The van der Waals surface area contributed by atoms with Crippen molar-refractivity contribution in [3.05, 3.63) is 22.8 Å². The fourth-order valence-corrected chi connectivity index (χ4v) is 1.78. The molecule has 1 aliphatic rings. The maximum absolute atomic E-state index is 5.86. The van der Waals surface area contributed by atoms with E-state index in [0.29, 0.717) is 17.6 Å². The molecule has 1 unspecified atom stereocenters. The second-order valence-electron chi connectivity index (χ2n) is 4.35. The molecule has 0 aliphatic carbocycles. The predicted molar refractivity (Wildman–Crippen MR) is 66.5 cm³/mol. The number of fused-ring (bicyclic) bond motifs is 1. The van der Waals surface area contributed by atoms with Crippen LogP contribution in [-0.2, 0) is 11.3 Å². The minimum atomic E-state index is -0.0235. The molecule has 0 fully saturated rings. The largest absolute Gasteiger partial charge is 0.470 e. The SMILES string of the molecule is CC(C)OCC1CNCc2ccc(Cl)nc2O1. The first-order chi connectivity index (χ1) is 8.15. The number of nitrogens with one attached hydrogen (secondary N) is 1. The molecule has 4 nitrogen and oxygen atoms in total. The summed E-state index contributed by atoms with van der Waals surface area (Å²) < 4.78 is 11.4. The van der Waals surface area contributed by atoms with Crippen molar-refractivity contribution in [3.8, 4) is 5.88 Å². The van der Waals surface area contributed by atoms with Gasteiger partial charge in [-0.1, -0.05) is 11.6 Å². The molecule has 17 heavy (non-hydrogen) atoms. The molecule has 0 radical (unpaired) electrons. The van der Waals surface area contributed by atoms with E-state index in [0.717, 1.165) is 18.7 Å². The van der Waals surface area contributed by atoms with Crippen LogP contribution in [0.1, 0.15) is 19.4 Å². The van der Waals surface area contributed by atoms with Crippen LogP contribution < -0.4 is 10.1 Å². The molecule has 1 aromatic heterocycles. The van der Waals surface area contributed by atoms with E-state index in [1.165, 1.54) is 0 Å². The zero-order chi connectivity index (χ0) is 12.3. The maximum atomic E-state index is 5.86. The first-order valence-electron chi connectivity index (χ1n) is 5.79. The minimum absolute atomic E-state index is 0.0235. The third-order valence-electron chi connectivity index (χ3n) is 2.49. The molecule has 1 N–H and O–H groups in total. The monoisotopic (exact) mass is 256 g/mol. The number of halogens is 1. The second-order valence-corrected chi connectivity index (χ2v) is 4.74. The van der Waals surface area contributed by atoms with Gasteiger partial charge in [0.25, 0.3) is 0 Å². The average Bonchev–Trinajstić information content (AvgIpc) is 2.47. The van der Waals surface area contributed by atoms with Crippen molar-refractivity contribution < 1.29 is 9.47 Å². The van der Waals surface area contributed by atoms with Crippen molar-refractivity contribution >= 4 is 11.6 Å². The third-order valence-corrected chi connectivity index (χ3v) is 2.70. The van der Waals surface area contributed by atoms with Gasteiger partial charge in [-0.15, -0.1) is 0 Å². The molecule has 0 amide bonds. The van der Waals surface area contributed by atoms with E-state index < -0.39 is 0 Å². The van der Waals surface area contributed by atoms with E-state index in [1.54, 1.807) is 6.07 Å². The summed E-state index contributed by atoms with van der Waals surface area (Å²) in [4.78, 5) is 4.20. The average molecular weight is 257 g/mol. The highest BCUT2D eigenvalue weighted by Gasteiger charge is 2.19. The Labute approximate surface area is 106 Å². The fraction of sp³-hybridized carbons (Fsp3) is 0.583. The lowest BCUT2D eigenvalue weighted by Crippen LogP contribution is -2.33. The van der Waals surface area contributed by atoms with Gasteiger partial charge in [-0.25, -0.2) is 4.98 Å². The van der Waals surface area contributed by atoms with Gasteiger partial charge in [0.15, 0.2) is 0 Å². The molecular formula is C12H17ClN2O2. The first kappa shape index (κ1) is 12.6. The Morgan fingerprint density at radius 2 is 2.41 bits per heavy atom. The number of aromatic nitrogens is 1. The van der Waals surface area contributed by atoms with Gasteiger partial charge in [0.1, 0.15) is 11.3 Å². The lowest BCUT2D eigenvalue weighted by atomic mass is 10.3. The molecule has 0 bridgehead atoms. The molecule has 2 heterocycles. The number of rotatable bonds is 3. The van der Waals surface area contributed by atoms with Gasteiger partial charge in [-0.3, -0.25) is 0 Å². The van der Waals surface area contributed by atoms with Crippen LogP contribution in [0.4, 0.5) is 0 Å². The Kier molecular flexibility index (Phi) is 4.20. The highest BCUT2D eigenvalue weighted by molar-refractivity contribution is 6.29. The summed E-state index contributed by atoms with van der Waals surface area (Å²) in [7, 11) is 0. The lowest BCUT2D eigenvalue weighted by Gasteiger charge is -2.18. The predicted octanol–water partition coefficient (Wildman–Crippen LogP) is 2.01. The molecular weight excluding hydrogens is 240 g/mol. The molecule has 1 aliphatic heterocycles. The number of pyridine rings is 1. The van der Waals surface area contributed by atoms with E-state index in [2.05, 4.69) is 10.3 Å². The van der Waals surface area contributed by atoms with Crippen LogP contribution >= 0.6 is 11.6 Å². The Hall–Kier alpha value is -0.840. The van der Waals surface area contributed by atoms with E-state index in [-0.39, 0.29) is 12.2 Å². The minimum Gasteiger partial charge on any atom is -0.470 e. The van der Waals surface area contributed by atoms with Gasteiger partial charge >= 0.3 is 0 Å². The molecule has 1 aromatic rings. The Bertz CT molecular complexity index is 385. The summed E-state index contributed by atoms with van der Waals surface area (Å²) in [5.74, 6) is 0.611. The van der Waals surface area contributed by atoms with E-state index in [1.807, 2.05) is 19.9 Å². The topological polar surface area (TPSA) is 43.4 Å². The molecule has 0 aromatic carbocycles. The van der Waals surface area contributed by atoms with Crippen LogP contribution in [0.2, 0.25) is 5.15 Å². The first-order valence-corrected chi connectivity index (χ1v) is 6.17. The third kappa shape index (κ3) is 3.56. The van der Waals surface area contributed by atoms with E-state index >= 15 is 0 Å². The summed E-state index contributed by atoms with van der Waals surface area (Å²) >= 11 is 5.86. The van der Waals surface area contributed by atoms with Crippen molar-refractivity contribution in [1.82, 2.24) is 10.3 Å². The summed E-state index contributed by atoms with van der Waals surface area (Å²) in [5.41, 5.74) is 1.03. The maximum Gasteiger partial charge on any atom is 0.219 e. The highest BCUT2D eigenvalue weighted by Crippen LogP contribution is 2.21. The standard InChI is InChI=1S/C12H17ClN2O2/c1-8(2)16-7-10-6-14-5-9-3-4-11(13)15-12(9)17-10/h3-4,8,10,14H,5-7H2,1-2H3. The zero-order valence-electron chi connectivity index (χ0n) is 10.1. The van der Waals surface area contributed by atoms with E-state index in [9.17, 15) is 0 Å². The van der Waals surface area contributed by atoms with Crippen molar-refractivity contribution in [3.63, 3.8) is 0 Å². The van der Waals surface area contributed by atoms with Crippen molar-refractivity contribution in [1.29, 1.82) is 0 Å². The van der Waals surface area contributed by atoms with Crippen molar-refractivity contribution in [2.75, 3.05) is 13.2 Å². The molecule has 94 valence electrons. The summed E-state index contributed by atoms with van der Waals surface area (Å²) in [5, 5.41) is 3.76. The molecule has 2 rings (SSSR count). The van der Waals surface area contributed by atoms with Crippen molar-refractivity contribution in [2.45, 2.75) is 32.6 Å². The number of hydrogen-bond donors (Lipinski definition) is 1. The number of hydrogen-bond acceptors (Lipinski definition) is 4. The molecule has 0 saturated heterocycles. The lowest BCUT2D eigenvalue weighted by molar-refractivity contribution is 0.0170. The quantitative estimate of drug-likeness (QED) is 0.841. The van der Waals surface area contributed by atoms with Gasteiger partial charge in [0, 0.05) is 18.7 Å². The number of ether oxygens (including phenoxy) is 2. The second kappa shape index (κ2) is 5.67. The van der Waals surface area contributed by atoms with Gasteiger partial charge < -0.3 is 14.8 Å². The van der Waals surface area contributed by atoms with Crippen LogP contribution in [0.15, 0.2) is 12.1 Å². The molecule has 5 heteroatoms. The van der Waals surface area contributed by atoms with Crippen LogP contribution in [0, 0.1) is 0 Å². The fourth-order valence-electron chi connectivity index (χ4n) is 1.64. The smallest absolute Gasteiger partial charge is 0.219 e. The van der Waals surface area contributed by atoms with E-state index in [4.69, 9.17) is 21.1 Å². The Balaban J connectivity index is 2.05.